The van der Waals surface area contributed by atoms with E-state index < -0.39 is 0 Å². The van der Waals surface area contributed by atoms with Crippen molar-refractivity contribution in [1.82, 2.24) is 4.90 Å². The molecule has 1 aromatic rings. The second-order valence-electron chi connectivity index (χ2n) is 5.06. The normalized spacial score (nSPS) is 27.7. The Morgan fingerprint density at radius 2 is 1.75 bits per heavy atom. The standard InChI is InChI=1S/C14H22N2/c1-11-3-5-12(6-4-11)13-7-9-16(2)10-8-14(13)15/h3-6,13-14H,7-10,15H2,1-2H3. The third-order valence-corrected chi connectivity index (χ3v) is 3.69. The van der Waals surface area contributed by atoms with Gasteiger partial charge in [0.2, 0.25) is 0 Å². The van der Waals surface area contributed by atoms with Crippen LogP contribution in [0.5, 0.6) is 0 Å². The molecule has 0 amide bonds. The Bertz CT molecular complexity index is 331. The fraction of sp³-hybridized carbons (Fsp3) is 0.571. The Balaban J connectivity index is 2.15. The molecule has 2 rings (SSSR count). The highest BCUT2D eigenvalue weighted by atomic mass is 15.1. The number of hydrogen-bond acceptors (Lipinski definition) is 2. The zero-order valence-corrected chi connectivity index (χ0v) is 10.3. The molecule has 0 aromatic heterocycles. The molecule has 16 heavy (non-hydrogen) atoms. The van der Waals surface area contributed by atoms with Crippen LogP contribution in [-0.2, 0) is 0 Å². The largest absolute Gasteiger partial charge is 0.327 e. The van der Waals surface area contributed by atoms with E-state index in [1.165, 1.54) is 17.5 Å². The summed E-state index contributed by atoms with van der Waals surface area (Å²) in [6.07, 6.45) is 2.29. The summed E-state index contributed by atoms with van der Waals surface area (Å²) in [7, 11) is 2.18. The van der Waals surface area contributed by atoms with Gasteiger partial charge in [-0.15, -0.1) is 0 Å². The molecule has 2 unspecified atom stereocenters. The monoisotopic (exact) mass is 218 g/mol. The van der Waals surface area contributed by atoms with E-state index in [1.54, 1.807) is 0 Å². The van der Waals surface area contributed by atoms with Gasteiger partial charge >= 0.3 is 0 Å². The van der Waals surface area contributed by atoms with Gasteiger partial charge in [0.05, 0.1) is 0 Å². The molecule has 0 spiro atoms. The van der Waals surface area contributed by atoms with Crippen LogP contribution in [0.2, 0.25) is 0 Å². The molecule has 0 radical (unpaired) electrons. The van der Waals surface area contributed by atoms with Crippen molar-refractivity contribution in [2.75, 3.05) is 20.1 Å². The van der Waals surface area contributed by atoms with E-state index in [0.717, 1.165) is 19.5 Å². The van der Waals surface area contributed by atoms with Gasteiger partial charge in [-0.3, -0.25) is 0 Å². The molecule has 1 heterocycles. The fourth-order valence-electron chi connectivity index (χ4n) is 2.48. The minimum absolute atomic E-state index is 0.313. The van der Waals surface area contributed by atoms with Crippen molar-refractivity contribution in [2.24, 2.45) is 5.73 Å². The van der Waals surface area contributed by atoms with Gasteiger partial charge in [0.25, 0.3) is 0 Å². The van der Waals surface area contributed by atoms with Crippen LogP contribution >= 0.6 is 0 Å². The van der Waals surface area contributed by atoms with Crippen molar-refractivity contribution in [2.45, 2.75) is 31.7 Å². The van der Waals surface area contributed by atoms with Gasteiger partial charge in [-0.2, -0.15) is 0 Å². The molecule has 0 aliphatic carbocycles. The third-order valence-electron chi connectivity index (χ3n) is 3.69. The average Bonchev–Trinajstić information content (AvgIpc) is 2.44. The van der Waals surface area contributed by atoms with Crippen molar-refractivity contribution < 1.29 is 0 Å². The molecule has 0 bridgehead atoms. The van der Waals surface area contributed by atoms with Crippen molar-refractivity contribution in [1.29, 1.82) is 0 Å². The van der Waals surface area contributed by atoms with E-state index in [0.29, 0.717) is 12.0 Å². The molecular formula is C14H22N2. The highest BCUT2D eigenvalue weighted by Crippen LogP contribution is 2.27. The van der Waals surface area contributed by atoms with E-state index in [-0.39, 0.29) is 0 Å². The van der Waals surface area contributed by atoms with Crippen LogP contribution in [0.15, 0.2) is 24.3 Å². The lowest BCUT2D eigenvalue weighted by Crippen LogP contribution is -2.28. The summed E-state index contributed by atoms with van der Waals surface area (Å²) in [6.45, 7) is 4.42. The minimum Gasteiger partial charge on any atom is -0.327 e. The number of aryl methyl sites for hydroxylation is 1. The topological polar surface area (TPSA) is 29.3 Å². The second-order valence-corrected chi connectivity index (χ2v) is 5.06. The van der Waals surface area contributed by atoms with Crippen molar-refractivity contribution in [3.8, 4) is 0 Å². The molecule has 88 valence electrons. The molecule has 2 nitrogen and oxygen atoms in total. The van der Waals surface area contributed by atoms with Crippen molar-refractivity contribution in [3.05, 3.63) is 35.4 Å². The predicted molar refractivity (Wildman–Crippen MR) is 68.6 cm³/mol. The molecule has 1 aliphatic heterocycles. The number of likely N-dealkylation sites (tertiary alicyclic amines) is 1. The van der Waals surface area contributed by atoms with Gasteiger partial charge < -0.3 is 10.6 Å². The van der Waals surface area contributed by atoms with E-state index in [2.05, 4.69) is 43.1 Å². The summed E-state index contributed by atoms with van der Waals surface area (Å²) < 4.78 is 0. The molecular weight excluding hydrogens is 196 g/mol. The predicted octanol–water partition coefficient (Wildman–Crippen LogP) is 2.13. The van der Waals surface area contributed by atoms with E-state index in [1.807, 2.05) is 0 Å². The van der Waals surface area contributed by atoms with Gasteiger partial charge in [-0.1, -0.05) is 29.8 Å². The van der Waals surface area contributed by atoms with Gasteiger partial charge in [-0.25, -0.2) is 0 Å². The Hall–Kier alpha value is -0.860. The summed E-state index contributed by atoms with van der Waals surface area (Å²) >= 11 is 0. The maximum Gasteiger partial charge on any atom is 0.0120 e. The van der Waals surface area contributed by atoms with Crippen molar-refractivity contribution in [3.63, 3.8) is 0 Å². The van der Waals surface area contributed by atoms with Crippen LogP contribution in [0.4, 0.5) is 0 Å². The van der Waals surface area contributed by atoms with E-state index >= 15 is 0 Å². The van der Waals surface area contributed by atoms with E-state index in [9.17, 15) is 0 Å². The molecule has 2 heteroatoms. The minimum atomic E-state index is 0.313. The summed E-state index contributed by atoms with van der Waals surface area (Å²) in [5.74, 6) is 0.533. The Kier molecular flexibility index (Phi) is 3.62. The SMILES string of the molecule is Cc1ccc(C2CCN(C)CCC2N)cc1. The van der Waals surface area contributed by atoms with Crippen LogP contribution in [-0.4, -0.2) is 31.1 Å². The number of hydrogen-bond donors (Lipinski definition) is 1. The van der Waals surface area contributed by atoms with Crippen LogP contribution in [0.25, 0.3) is 0 Å². The van der Waals surface area contributed by atoms with Gasteiger partial charge in [0.15, 0.2) is 0 Å². The third kappa shape index (κ3) is 2.63. The zero-order chi connectivity index (χ0) is 11.5. The van der Waals surface area contributed by atoms with Gasteiger partial charge in [-0.05, 0) is 45.5 Å². The first-order valence-electron chi connectivity index (χ1n) is 6.17. The first-order valence-corrected chi connectivity index (χ1v) is 6.17. The molecule has 0 saturated carbocycles. The number of rotatable bonds is 1. The molecule has 2 N–H and O–H groups in total. The van der Waals surface area contributed by atoms with Crippen LogP contribution in [0, 0.1) is 6.92 Å². The number of nitrogens with zero attached hydrogens (tertiary/aromatic N) is 1. The molecule has 2 atom stereocenters. The van der Waals surface area contributed by atoms with Gasteiger partial charge in [0, 0.05) is 12.0 Å². The quantitative estimate of drug-likeness (QED) is 0.782. The molecule has 1 aromatic carbocycles. The lowest BCUT2D eigenvalue weighted by Gasteiger charge is -2.21. The number of benzene rings is 1. The van der Waals surface area contributed by atoms with Gasteiger partial charge in [0.1, 0.15) is 0 Å². The highest BCUT2D eigenvalue weighted by Gasteiger charge is 2.23. The summed E-state index contributed by atoms with van der Waals surface area (Å²) in [6, 6.07) is 9.18. The molecule has 1 saturated heterocycles. The van der Waals surface area contributed by atoms with E-state index in [4.69, 9.17) is 5.73 Å². The second kappa shape index (κ2) is 4.98. The lowest BCUT2D eigenvalue weighted by molar-refractivity contribution is 0.346. The fourth-order valence-corrected chi connectivity index (χ4v) is 2.48. The Morgan fingerprint density at radius 1 is 1.12 bits per heavy atom. The maximum atomic E-state index is 6.28. The number of nitrogens with two attached hydrogens (primary N) is 1. The summed E-state index contributed by atoms with van der Waals surface area (Å²) in [4.78, 5) is 2.38. The zero-order valence-electron chi connectivity index (χ0n) is 10.3. The summed E-state index contributed by atoms with van der Waals surface area (Å²) in [5, 5.41) is 0. The Labute approximate surface area is 98.4 Å². The maximum absolute atomic E-state index is 6.28. The average molecular weight is 218 g/mol. The first kappa shape index (κ1) is 11.6. The molecule has 1 aliphatic rings. The highest BCUT2D eigenvalue weighted by molar-refractivity contribution is 5.26. The van der Waals surface area contributed by atoms with Crippen molar-refractivity contribution >= 4 is 0 Å². The first-order chi connectivity index (χ1) is 7.66. The lowest BCUT2D eigenvalue weighted by atomic mass is 9.88. The van der Waals surface area contributed by atoms with Crippen LogP contribution in [0.3, 0.4) is 0 Å². The Morgan fingerprint density at radius 3 is 2.44 bits per heavy atom. The smallest absolute Gasteiger partial charge is 0.0120 e. The van der Waals surface area contributed by atoms with Crippen LogP contribution < -0.4 is 5.73 Å². The molecule has 1 fully saturated rings. The summed E-state index contributed by atoms with van der Waals surface area (Å²) in [5.41, 5.74) is 9.02. The van der Waals surface area contributed by atoms with Crippen LogP contribution in [0.1, 0.15) is 29.9 Å².